The van der Waals surface area contributed by atoms with Crippen LogP contribution in [0.3, 0.4) is 0 Å². The van der Waals surface area contributed by atoms with E-state index in [0.717, 1.165) is 5.75 Å². The van der Waals surface area contributed by atoms with Crippen LogP contribution < -0.4 is 11.1 Å². The molecule has 5 heteroatoms. The lowest BCUT2D eigenvalue weighted by Gasteiger charge is -2.23. The van der Waals surface area contributed by atoms with Crippen LogP contribution in [0.15, 0.2) is 5.16 Å². The molecule has 0 amide bonds. The maximum atomic E-state index is 8.57. The summed E-state index contributed by atoms with van der Waals surface area (Å²) in [6.07, 6.45) is 3.75. The molecule has 0 aromatic heterocycles. The summed E-state index contributed by atoms with van der Waals surface area (Å²) < 4.78 is 0. The van der Waals surface area contributed by atoms with E-state index in [9.17, 15) is 0 Å². The van der Waals surface area contributed by atoms with Crippen LogP contribution in [0.1, 0.15) is 33.1 Å². The van der Waals surface area contributed by atoms with E-state index in [1.807, 2.05) is 18.7 Å². The third-order valence-electron chi connectivity index (χ3n) is 2.86. The third-order valence-corrected chi connectivity index (χ3v) is 4.18. The van der Waals surface area contributed by atoms with Crippen LogP contribution in [0.2, 0.25) is 0 Å². The Balaban J connectivity index is 2.42. The highest BCUT2D eigenvalue weighted by atomic mass is 32.2. The molecule has 1 fully saturated rings. The van der Waals surface area contributed by atoms with Gasteiger partial charge in [0.25, 0.3) is 0 Å². The summed E-state index contributed by atoms with van der Waals surface area (Å²) in [5.74, 6) is 1.42. The Hall–Kier alpha value is -0.420. The lowest BCUT2D eigenvalue weighted by Crippen LogP contribution is -2.46. The highest BCUT2D eigenvalue weighted by molar-refractivity contribution is 7.99. The van der Waals surface area contributed by atoms with Gasteiger partial charge in [-0.05, 0) is 25.5 Å². The standard InChI is InChI=1S/C10H21N3OS/c1-3-15-9-6-4-5-8(9)12-7(2)10(11)13-14/h7-9,12,14H,3-6H2,1-2H3,(H2,11,13). The Morgan fingerprint density at radius 1 is 1.67 bits per heavy atom. The maximum absolute atomic E-state index is 8.57. The van der Waals surface area contributed by atoms with Crippen molar-refractivity contribution in [2.45, 2.75) is 50.4 Å². The summed E-state index contributed by atoms with van der Waals surface area (Å²) >= 11 is 2.00. The van der Waals surface area contributed by atoms with Gasteiger partial charge in [0, 0.05) is 11.3 Å². The molecule has 0 bridgehead atoms. The van der Waals surface area contributed by atoms with Gasteiger partial charge in [0.05, 0.1) is 6.04 Å². The van der Waals surface area contributed by atoms with Crippen molar-refractivity contribution in [2.24, 2.45) is 10.9 Å². The number of nitrogens with one attached hydrogen (secondary N) is 1. The number of nitrogens with two attached hydrogens (primary N) is 1. The minimum atomic E-state index is -0.0435. The molecule has 0 heterocycles. The maximum Gasteiger partial charge on any atom is 0.156 e. The molecule has 0 aromatic rings. The zero-order valence-electron chi connectivity index (χ0n) is 9.44. The number of rotatable bonds is 5. The molecule has 3 atom stereocenters. The summed E-state index contributed by atoms with van der Waals surface area (Å²) in [5, 5.41) is 15.7. The predicted molar refractivity (Wildman–Crippen MR) is 65.6 cm³/mol. The monoisotopic (exact) mass is 231 g/mol. The normalized spacial score (nSPS) is 29.3. The van der Waals surface area contributed by atoms with Gasteiger partial charge < -0.3 is 16.3 Å². The quantitative estimate of drug-likeness (QED) is 0.289. The minimum absolute atomic E-state index is 0.0435. The van der Waals surface area contributed by atoms with Crippen molar-refractivity contribution >= 4 is 17.6 Å². The van der Waals surface area contributed by atoms with E-state index in [1.54, 1.807) is 0 Å². The molecule has 15 heavy (non-hydrogen) atoms. The molecule has 0 aromatic carbocycles. The lowest BCUT2D eigenvalue weighted by molar-refractivity contribution is 0.314. The zero-order chi connectivity index (χ0) is 11.3. The summed E-state index contributed by atoms with van der Waals surface area (Å²) in [6.45, 7) is 4.12. The molecule has 0 saturated heterocycles. The van der Waals surface area contributed by atoms with Crippen LogP contribution in [0.4, 0.5) is 0 Å². The molecule has 0 radical (unpaired) electrons. The van der Waals surface area contributed by atoms with E-state index in [1.165, 1.54) is 19.3 Å². The largest absolute Gasteiger partial charge is 0.409 e. The zero-order valence-corrected chi connectivity index (χ0v) is 10.3. The van der Waals surface area contributed by atoms with Crippen molar-refractivity contribution in [2.75, 3.05) is 5.75 Å². The van der Waals surface area contributed by atoms with Crippen LogP contribution >= 0.6 is 11.8 Å². The van der Waals surface area contributed by atoms with Gasteiger partial charge in [-0.3, -0.25) is 0 Å². The molecule has 4 N–H and O–H groups in total. The highest BCUT2D eigenvalue weighted by Crippen LogP contribution is 2.30. The fourth-order valence-corrected chi connectivity index (χ4v) is 3.23. The molecule has 1 aliphatic carbocycles. The fourth-order valence-electron chi connectivity index (χ4n) is 2.02. The van der Waals surface area contributed by atoms with E-state index in [4.69, 9.17) is 10.9 Å². The number of hydrogen-bond donors (Lipinski definition) is 3. The molecule has 88 valence electrons. The summed E-state index contributed by atoms with van der Waals surface area (Å²) in [4.78, 5) is 0. The number of thioether (sulfide) groups is 1. The van der Waals surface area contributed by atoms with Crippen LogP contribution in [0.5, 0.6) is 0 Å². The molecule has 0 spiro atoms. The Bertz CT molecular complexity index is 223. The van der Waals surface area contributed by atoms with Crippen molar-refractivity contribution in [3.05, 3.63) is 0 Å². The second kappa shape index (κ2) is 6.23. The van der Waals surface area contributed by atoms with Crippen molar-refractivity contribution < 1.29 is 5.21 Å². The summed E-state index contributed by atoms with van der Waals surface area (Å²) in [7, 11) is 0. The van der Waals surface area contributed by atoms with Crippen LogP contribution in [0.25, 0.3) is 0 Å². The van der Waals surface area contributed by atoms with Crippen LogP contribution in [-0.2, 0) is 0 Å². The van der Waals surface area contributed by atoms with Crippen molar-refractivity contribution in [1.82, 2.24) is 5.32 Å². The second-order valence-corrected chi connectivity index (χ2v) is 5.46. The average molecular weight is 231 g/mol. The van der Waals surface area contributed by atoms with Gasteiger partial charge in [0.2, 0.25) is 0 Å². The van der Waals surface area contributed by atoms with E-state index in [-0.39, 0.29) is 11.9 Å². The number of nitrogens with zero attached hydrogens (tertiary/aromatic N) is 1. The Morgan fingerprint density at radius 3 is 3.00 bits per heavy atom. The SMILES string of the molecule is CCSC1CCCC1NC(C)C(N)=NO. The minimum Gasteiger partial charge on any atom is -0.409 e. The summed E-state index contributed by atoms with van der Waals surface area (Å²) in [5.41, 5.74) is 5.54. The van der Waals surface area contributed by atoms with Crippen molar-refractivity contribution in [1.29, 1.82) is 0 Å². The van der Waals surface area contributed by atoms with E-state index >= 15 is 0 Å². The molecule has 3 unspecified atom stereocenters. The number of oxime groups is 1. The average Bonchev–Trinajstić information content (AvgIpc) is 2.65. The first-order valence-corrected chi connectivity index (χ1v) is 6.59. The van der Waals surface area contributed by atoms with Crippen molar-refractivity contribution in [3.63, 3.8) is 0 Å². The molecule has 1 rings (SSSR count). The molecular formula is C10H21N3OS. The Labute approximate surface area is 95.7 Å². The van der Waals surface area contributed by atoms with Gasteiger partial charge in [-0.2, -0.15) is 11.8 Å². The first kappa shape index (κ1) is 12.6. The second-order valence-electron chi connectivity index (χ2n) is 3.94. The smallest absolute Gasteiger partial charge is 0.156 e. The molecule has 0 aliphatic heterocycles. The topological polar surface area (TPSA) is 70.6 Å². The Kier molecular flexibility index (Phi) is 5.25. The van der Waals surface area contributed by atoms with Gasteiger partial charge in [-0.25, -0.2) is 0 Å². The van der Waals surface area contributed by atoms with Crippen LogP contribution in [0, 0.1) is 0 Å². The Morgan fingerprint density at radius 2 is 2.40 bits per heavy atom. The van der Waals surface area contributed by atoms with Gasteiger partial charge in [0.15, 0.2) is 5.84 Å². The number of amidine groups is 1. The van der Waals surface area contributed by atoms with E-state index in [0.29, 0.717) is 11.3 Å². The van der Waals surface area contributed by atoms with Gasteiger partial charge >= 0.3 is 0 Å². The molecule has 4 nitrogen and oxygen atoms in total. The first-order chi connectivity index (χ1) is 7.19. The van der Waals surface area contributed by atoms with E-state index < -0.39 is 0 Å². The highest BCUT2D eigenvalue weighted by Gasteiger charge is 2.28. The molecule has 1 saturated carbocycles. The summed E-state index contributed by atoms with van der Waals surface area (Å²) in [6, 6.07) is 0.461. The molecular weight excluding hydrogens is 210 g/mol. The van der Waals surface area contributed by atoms with E-state index in [2.05, 4.69) is 17.4 Å². The van der Waals surface area contributed by atoms with Gasteiger partial charge in [-0.15, -0.1) is 0 Å². The third kappa shape index (κ3) is 3.57. The first-order valence-electron chi connectivity index (χ1n) is 5.54. The number of hydrogen-bond acceptors (Lipinski definition) is 4. The predicted octanol–water partition coefficient (Wildman–Crippen LogP) is 1.39. The fraction of sp³-hybridized carbons (Fsp3) is 0.900. The van der Waals surface area contributed by atoms with Crippen molar-refractivity contribution in [3.8, 4) is 0 Å². The van der Waals surface area contributed by atoms with Gasteiger partial charge in [0.1, 0.15) is 0 Å². The van der Waals surface area contributed by atoms with Gasteiger partial charge in [-0.1, -0.05) is 18.5 Å². The molecule has 1 aliphatic rings. The lowest BCUT2D eigenvalue weighted by atomic mass is 10.2. The van der Waals surface area contributed by atoms with Crippen LogP contribution in [-0.4, -0.2) is 34.1 Å².